The summed E-state index contributed by atoms with van der Waals surface area (Å²) >= 11 is 0. The van der Waals surface area contributed by atoms with Crippen molar-refractivity contribution >= 4 is 11.8 Å². The first-order valence-electron chi connectivity index (χ1n) is 8.35. The summed E-state index contributed by atoms with van der Waals surface area (Å²) in [6.07, 6.45) is 5.40. The van der Waals surface area contributed by atoms with E-state index in [0.29, 0.717) is 17.9 Å². The van der Waals surface area contributed by atoms with Gasteiger partial charge in [-0.2, -0.15) is 0 Å². The molecule has 2 rings (SSSR count). The van der Waals surface area contributed by atoms with Gasteiger partial charge in [0.25, 0.3) is 0 Å². The van der Waals surface area contributed by atoms with E-state index in [1.807, 2.05) is 6.92 Å². The number of hydrogen-bond acceptors (Lipinski definition) is 4. The second kappa shape index (κ2) is 8.67. The lowest BCUT2D eigenvalue weighted by Gasteiger charge is -2.26. The van der Waals surface area contributed by atoms with Crippen molar-refractivity contribution in [2.24, 2.45) is 0 Å². The molecule has 1 aliphatic carbocycles. The number of carboxylic acid groups (broad SMARTS) is 1. The highest BCUT2D eigenvalue weighted by molar-refractivity contribution is 5.98. The van der Waals surface area contributed by atoms with Gasteiger partial charge in [-0.25, -0.2) is 0 Å². The molecule has 2 N–H and O–H groups in total. The Morgan fingerprint density at radius 3 is 2.43 bits per heavy atom. The van der Waals surface area contributed by atoms with Gasteiger partial charge in [0, 0.05) is 18.0 Å². The van der Waals surface area contributed by atoms with Crippen LogP contribution >= 0.6 is 0 Å². The second-order valence-corrected chi connectivity index (χ2v) is 5.98. The molecule has 1 saturated carbocycles. The zero-order chi connectivity index (χ0) is 16.7. The second-order valence-electron chi connectivity index (χ2n) is 5.98. The minimum absolute atomic E-state index is 0.0280. The molecule has 1 atom stereocenters. The third-order valence-corrected chi connectivity index (χ3v) is 4.22. The normalized spacial score (nSPS) is 16.7. The zero-order valence-electron chi connectivity index (χ0n) is 13.6. The first-order valence-corrected chi connectivity index (χ1v) is 8.35. The van der Waals surface area contributed by atoms with Crippen LogP contribution in [0, 0.1) is 0 Å². The van der Waals surface area contributed by atoms with Gasteiger partial charge < -0.3 is 15.2 Å². The van der Waals surface area contributed by atoms with Gasteiger partial charge in [-0.1, -0.05) is 19.3 Å². The molecule has 0 radical (unpaired) electrons. The lowest BCUT2D eigenvalue weighted by Crippen LogP contribution is -2.45. The first-order chi connectivity index (χ1) is 11.1. The van der Waals surface area contributed by atoms with Crippen LogP contribution in [0.15, 0.2) is 24.3 Å². The van der Waals surface area contributed by atoms with Crippen LogP contribution in [0.3, 0.4) is 0 Å². The van der Waals surface area contributed by atoms with Crippen molar-refractivity contribution in [2.45, 2.75) is 57.5 Å². The first kappa shape index (κ1) is 17.5. The summed E-state index contributed by atoms with van der Waals surface area (Å²) in [4.78, 5) is 23.8. The highest BCUT2D eigenvalue weighted by Gasteiger charge is 2.25. The summed E-state index contributed by atoms with van der Waals surface area (Å²) in [5.41, 5.74) is 0.519. The topological polar surface area (TPSA) is 75.6 Å². The van der Waals surface area contributed by atoms with E-state index >= 15 is 0 Å². The van der Waals surface area contributed by atoms with Crippen LogP contribution in [0.1, 0.15) is 55.8 Å². The number of hydrogen-bond donors (Lipinski definition) is 2. The molecule has 1 aromatic rings. The van der Waals surface area contributed by atoms with Crippen molar-refractivity contribution in [3.05, 3.63) is 29.8 Å². The molecule has 0 spiro atoms. The monoisotopic (exact) mass is 319 g/mol. The van der Waals surface area contributed by atoms with E-state index in [1.54, 1.807) is 24.3 Å². The lowest BCUT2D eigenvalue weighted by molar-refractivity contribution is -0.139. The SMILES string of the molecule is CCOc1ccc(C(=O)C[C@H](NC2CCCCC2)C(=O)O)cc1. The predicted molar refractivity (Wildman–Crippen MR) is 88.0 cm³/mol. The van der Waals surface area contributed by atoms with Gasteiger partial charge in [-0.15, -0.1) is 0 Å². The fraction of sp³-hybridized carbons (Fsp3) is 0.556. The molecular formula is C18H25NO4. The molecular weight excluding hydrogens is 294 g/mol. The number of benzene rings is 1. The van der Waals surface area contributed by atoms with Crippen LogP contribution in [-0.4, -0.2) is 35.5 Å². The van der Waals surface area contributed by atoms with Crippen LogP contribution < -0.4 is 10.1 Å². The summed E-state index contributed by atoms with van der Waals surface area (Å²) in [6, 6.07) is 6.23. The summed E-state index contributed by atoms with van der Waals surface area (Å²) < 4.78 is 5.34. The van der Waals surface area contributed by atoms with Gasteiger partial charge in [0.1, 0.15) is 11.8 Å². The number of carboxylic acids is 1. The molecule has 0 saturated heterocycles. The Hall–Kier alpha value is -1.88. The van der Waals surface area contributed by atoms with Crippen LogP contribution in [0.2, 0.25) is 0 Å². The number of carbonyl (C=O) groups excluding carboxylic acids is 1. The smallest absolute Gasteiger partial charge is 0.321 e. The number of ketones is 1. The maximum absolute atomic E-state index is 12.3. The fourth-order valence-corrected chi connectivity index (χ4v) is 2.98. The quantitative estimate of drug-likeness (QED) is 0.720. The van der Waals surface area contributed by atoms with Crippen molar-refractivity contribution < 1.29 is 19.4 Å². The molecule has 0 aliphatic heterocycles. The average molecular weight is 319 g/mol. The van der Waals surface area contributed by atoms with Gasteiger partial charge >= 0.3 is 5.97 Å². The molecule has 126 valence electrons. The van der Waals surface area contributed by atoms with E-state index in [2.05, 4.69) is 5.32 Å². The molecule has 0 unspecified atom stereocenters. The number of ether oxygens (including phenoxy) is 1. The van der Waals surface area contributed by atoms with Gasteiger partial charge in [-0.3, -0.25) is 9.59 Å². The van der Waals surface area contributed by atoms with E-state index in [1.165, 1.54) is 6.42 Å². The third kappa shape index (κ3) is 5.36. The summed E-state index contributed by atoms with van der Waals surface area (Å²) in [5, 5.41) is 12.5. The van der Waals surface area contributed by atoms with Gasteiger partial charge in [0.15, 0.2) is 5.78 Å². The molecule has 1 aliphatic rings. The van der Waals surface area contributed by atoms with Crippen molar-refractivity contribution in [1.82, 2.24) is 5.32 Å². The molecule has 5 heteroatoms. The van der Waals surface area contributed by atoms with Crippen molar-refractivity contribution in [1.29, 1.82) is 0 Å². The van der Waals surface area contributed by atoms with E-state index in [0.717, 1.165) is 25.7 Å². The predicted octanol–water partition coefficient (Wildman–Crippen LogP) is 3.03. The molecule has 0 heterocycles. The fourth-order valence-electron chi connectivity index (χ4n) is 2.98. The third-order valence-electron chi connectivity index (χ3n) is 4.22. The summed E-state index contributed by atoms with van der Waals surface area (Å²) in [5.74, 6) is -0.419. The molecule has 0 amide bonds. The van der Waals surface area contributed by atoms with E-state index in [9.17, 15) is 14.7 Å². The largest absolute Gasteiger partial charge is 0.494 e. The number of aliphatic carboxylic acids is 1. The standard InChI is InChI=1S/C18H25NO4/c1-2-23-15-10-8-13(9-11-15)17(20)12-16(18(21)22)19-14-6-4-3-5-7-14/h8-11,14,16,19H,2-7,12H2,1H3,(H,21,22)/t16-/m0/s1. The van der Waals surface area contributed by atoms with Crippen molar-refractivity contribution in [2.75, 3.05) is 6.61 Å². The van der Waals surface area contributed by atoms with Crippen molar-refractivity contribution in [3.8, 4) is 5.75 Å². The van der Waals surface area contributed by atoms with Crippen LogP contribution in [0.25, 0.3) is 0 Å². The Morgan fingerprint density at radius 2 is 1.87 bits per heavy atom. The van der Waals surface area contributed by atoms with Gasteiger partial charge in [0.2, 0.25) is 0 Å². The Balaban J connectivity index is 1.95. The maximum Gasteiger partial charge on any atom is 0.321 e. The van der Waals surface area contributed by atoms with Gasteiger partial charge in [0.05, 0.1) is 6.61 Å². The van der Waals surface area contributed by atoms with E-state index in [4.69, 9.17) is 4.74 Å². The Morgan fingerprint density at radius 1 is 1.22 bits per heavy atom. The molecule has 23 heavy (non-hydrogen) atoms. The van der Waals surface area contributed by atoms with Crippen LogP contribution in [0.4, 0.5) is 0 Å². The van der Waals surface area contributed by atoms with Crippen LogP contribution in [0.5, 0.6) is 5.75 Å². The van der Waals surface area contributed by atoms with Crippen LogP contribution in [-0.2, 0) is 4.79 Å². The molecule has 1 fully saturated rings. The minimum Gasteiger partial charge on any atom is -0.494 e. The molecule has 0 bridgehead atoms. The molecule has 5 nitrogen and oxygen atoms in total. The number of rotatable bonds is 8. The summed E-state index contributed by atoms with van der Waals surface area (Å²) in [7, 11) is 0. The number of Topliss-reactive ketones (excluding diaryl/α,β-unsaturated/α-hetero) is 1. The molecule has 1 aromatic carbocycles. The Bertz CT molecular complexity index is 520. The molecule has 0 aromatic heterocycles. The lowest BCUT2D eigenvalue weighted by atomic mass is 9.94. The van der Waals surface area contributed by atoms with Gasteiger partial charge in [-0.05, 0) is 44.0 Å². The maximum atomic E-state index is 12.3. The average Bonchev–Trinajstić information content (AvgIpc) is 2.56. The minimum atomic E-state index is -0.963. The van der Waals surface area contributed by atoms with Crippen molar-refractivity contribution in [3.63, 3.8) is 0 Å². The highest BCUT2D eigenvalue weighted by atomic mass is 16.5. The highest BCUT2D eigenvalue weighted by Crippen LogP contribution is 2.19. The Labute approximate surface area is 137 Å². The number of carbonyl (C=O) groups is 2. The van der Waals surface area contributed by atoms with E-state index in [-0.39, 0.29) is 18.2 Å². The van der Waals surface area contributed by atoms with E-state index < -0.39 is 12.0 Å². The summed E-state index contributed by atoms with van der Waals surface area (Å²) in [6.45, 7) is 2.47. The Kier molecular flexibility index (Phi) is 6.59. The zero-order valence-corrected chi connectivity index (χ0v) is 13.6. The number of nitrogens with one attached hydrogen (secondary N) is 1.